The van der Waals surface area contributed by atoms with Crippen molar-refractivity contribution in [2.24, 2.45) is 0 Å². The molecule has 0 radical (unpaired) electrons. The standard InChI is InChI=1S/C11H16S/c1-5-10-6-8(2)7-11(12-4)9(10)3/h6-7H,5H2,1-4H3. The van der Waals surface area contributed by atoms with Gasteiger partial charge in [0, 0.05) is 4.90 Å². The molecule has 0 unspecified atom stereocenters. The summed E-state index contributed by atoms with van der Waals surface area (Å²) in [6, 6.07) is 4.55. The van der Waals surface area contributed by atoms with E-state index in [-0.39, 0.29) is 0 Å². The van der Waals surface area contributed by atoms with E-state index in [9.17, 15) is 0 Å². The van der Waals surface area contributed by atoms with Gasteiger partial charge in [0.2, 0.25) is 0 Å². The maximum absolute atomic E-state index is 2.29. The molecule has 0 bridgehead atoms. The fraction of sp³-hybridized carbons (Fsp3) is 0.455. The van der Waals surface area contributed by atoms with Gasteiger partial charge in [0.05, 0.1) is 0 Å². The largest absolute Gasteiger partial charge is 0.129 e. The van der Waals surface area contributed by atoms with E-state index in [0.717, 1.165) is 6.42 Å². The summed E-state index contributed by atoms with van der Waals surface area (Å²) in [5.74, 6) is 0. The van der Waals surface area contributed by atoms with Crippen LogP contribution in [0.3, 0.4) is 0 Å². The molecule has 0 nitrogen and oxygen atoms in total. The van der Waals surface area contributed by atoms with Crippen LogP contribution < -0.4 is 0 Å². The number of benzene rings is 1. The number of aryl methyl sites for hydroxylation is 2. The van der Waals surface area contributed by atoms with Crippen molar-refractivity contribution < 1.29 is 0 Å². The van der Waals surface area contributed by atoms with Gasteiger partial charge in [-0.15, -0.1) is 11.8 Å². The van der Waals surface area contributed by atoms with Gasteiger partial charge in [-0.05, 0) is 49.3 Å². The van der Waals surface area contributed by atoms with E-state index < -0.39 is 0 Å². The summed E-state index contributed by atoms with van der Waals surface area (Å²) in [4.78, 5) is 1.42. The predicted octanol–water partition coefficient (Wildman–Crippen LogP) is 3.59. The zero-order valence-electron chi connectivity index (χ0n) is 8.27. The summed E-state index contributed by atoms with van der Waals surface area (Å²) in [6.45, 7) is 6.59. The Kier molecular flexibility index (Phi) is 3.21. The second-order valence-electron chi connectivity index (χ2n) is 3.10. The van der Waals surface area contributed by atoms with Crippen LogP contribution in [0.1, 0.15) is 23.6 Å². The summed E-state index contributed by atoms with van der Waals surface area (Å²) in [7, 11) is 0. The molecule has 0 heterocycles. The molecule has 0 N–H and O–H groups in total. The molecular formula is C11H16S. The van der Waals surface area contributed by atoms with Crippen LogP contribution in [0.5, 0.6) is 0 Å². The molecule has 0 spiro atoms. The molecule has 1 heteroatoms. The van der Waals surface area contributed by atoms with Crippen LogP contribution in [-0.2, 0) is 6.42 Å². The maximum atomic E-state index is 2.29. The minimum Gasteiger partial charge on any atom is -0.129 e. The van der Waals surface area contributed by atoms with Crippen molar-refractivity contribution in [3.63, 3.8) is 0 Å². The number of rotatable bonds is 2. The molecule has 0 atom stereocenters. The molecule has 66 valence electrons. The first-order chi connectivity index (χ1) is 5.69. The Labute approximate surface area is 79.4 Å². The van der Waals surface area contributed by atoms with Crippen LogP contribution in [-0.4, -0.2) is 6.26 Å². The molecule has 1 aromatic rings. The lowest BCUT2D eigenvalue weighted by molar-refractivity contribution is 1.07. The zero-order valence-corrected chi connectivity index (χ0v) is 9.09. The van der Waals surface area contributed by atoms with Crippen molar-refractivity contribution in [2.45, 2.75) is 32.1 Å². The van der Waals surface area contributed by atoms with Crippen LogP contribution in [0.2, 0.25) is 0 Å². The van der Waals surface area contributed by atoms with E-state index in [4.69, 9.17) is 0 Å². The third kappa shape index (κ3) is 1.84. The molecule has 0 fully saturated rings. The summed E-state index contributed by atoms with van der Waals surface area (Å²) >= 11 is 1.84. The molecule has 1 aromatic carbocycles. The van der Waals surface area contributed by atoms with Gasteiger partial charge in [-0.2, -0.15) is 0 Å². The highest BCUT2D eigenvalue weighted by Crippen LogP contribution is 2.24. The normalized spacial score (nSPS) is 10.3. The molecule has 0 aliphatic heterocycles. The topological polar surface area (TPSA) is 0 Å². The van der Waals surface area contributed by atoms with Crippen LogP contribution in [0.4, 0.5) is 0 Å². The smallest absolute Gasteiger partial charge is 0.0104 e. The second kappa shape index (κ2) is 3.99. The predicted molar refractivity (Wildman–Crippen MR) is 57.1 cm³/mol. The first kappa shape index (κ1) is 9.66. The maximum Gasteiger partial charge on any atom is 0.0104 e. The van der Waals surface area contributed by atoms with E-state index in [1.165, 1.54) is 21.6 Å². The van der Waals surface area contributed by atoms with Crippen molar-refractivity contribution in [2.75, 3.05) is 6.26 Å². The average Bonchev–Trinajstić information content (AvgIpc) is 2.08. The summed E-state index contributed by atoms with van der Waals surface area (Å²) < 4.78 is 0. The summed E-state index contributed by atoms with van der Waals surface area (Å²) in [6.07, 6.45) is 3.28. The third-order valence-corrected chi connectivity index (χ3v) is 3.08. The lowest BCUT2D eigenvalue weighted by Gasteiger charge is -2.09. The first-order valence-corrected chi connectivity index (χ1v) is 5.55. The fourth-order valence-electron chi connectivity index (χ4n) is 1.48. The van der Waals surface area contributed by atoms with Gasteiger partial charge < -0.3 is 0 Å². The molecular weight excluding hydrogens is 164 g/mol. The van der Waals surface area contributed by atoms with Gasteiger partial charge in [0.1, 0.15) is 0 Å². The lowest BCUT2D eigenvalue weighted by atomic mass is 10.0. The van der Waals surface area contributed by atoms with Gasteiger partial charge in [-0.1, -0.05) is 13.0 Å². The van der Waals surface area contributed by atoms with Crippen molar-refractivity contribution in [1.82, 2.24) is 0 Å². The van der Waals surface area contributed by atoms with E-state index in [1.807, 2.05) is 11.8 Å². The van der Waals surface area contributed by atoms with E-state index in [2.05, 4.69) is 39.2 Å². The van der Waals surface area contributed by atoms with Crippen molar-refractivity contribution in [1.29, 1.82) is 0 Å². The van der Waals surface area contributed by atoms with Crippen molar-refractivity contribution in [3.8, 4) is 0 Å². The third-order valence-electron chi connectivity index (χ3n) is 2.21. The Morgan fingerprint density at radius 2 is 1.92 bits per heavy atom. The van der Waals surface area contributed by atoms with Crippen molar-refractivity contribution >= 4 is 11.8 Å². The van der Waals surface area contributed by atoms with Gasteiger partial charge >= 0.3 is 0 Å². The molecule has 0 aromatic heterocycles. The van der Waals surface area contributed by atoms with Crippen LogP contribution in [0.25, 0.3) is 0 Å². The fourth-order valence-corrected chi connectivity index (χ4v) is 2.22. The second-order valence-corrected chi connectivity index (χ2v) is 3.95. The minimum absolute atomic E-state index is 1.14. The van der Waals surface area contributed by atoms with E-state index >= 15 is 0 Å². The Morgan fingerprint density at radius 3 is 2.42 bits per heavy atom. The van der Waals surface area contributed by atoms with E-state index in [0.29, 0.717) is 0 Å². The van der Waals surface area contributed by atoms with Crippen LogP contribution >= 0.6 is 11.8 Å². The molecule has 1 rings (SSSR count). The Bertz CT molecular complexity index is 251. The summed E-state index contributed by atoms with van der Waals surface area (Å²) in [5.41, 5.74) is 4.32. The van der Waals surface area contributed by atoms with Gasteiger partial charge in [-0.25, -0.2) is 0 Å². The Hall–Kier alpha value is -0.430. The highest BCUT2D eigenvalue weighted by molar-refractivity contribution is 7.98. The SMILES string of the molecule is CCc1cc(C)cc(SC)c1C. The number of thioether (sulfide) groups is 1. The van der Waals surface area contributed by atoms with Crippen LogP contribution in [0.15, 0.2) is 17.0 Å². The van der Waals surface area contributed by atoms with Gasteiger partial charge in [0.25, 0.3) is 0 Å². The number of hydrogen-bond acceptors (Lipinski definition) is 1. The quantitative estimate of drug-likeness (QED) is 0.627. The minimum atomic E-state index is 1.14. The van der Waals surface area contributed by atoms with E-state index in [1.54, 1.807) is 0 Å². The molecule has 12 heavy (non-hydrogen) atoms. The molecule has 0 aliphatic carbocycles. The highest BCUT2D eigenvalue weighted by atomic mass is 32.2. The first-order valence-electron chi connectivity index (χ1n) is 4.33. The molecule has 0 saturated carbocycles. The van der Waals surface area contributed by atoms with Gasteiger partial charge in [-0.3, -0.25) is 0 Å². The highest BCUT2D eigenvalue weighted by Gasteiger charge is 2.02. The van der Waals surface area contributed by atoms with Crippen molar-refractivity contribution in [3.05, 3.63) is 28.8 Å². The Balaban J connectivity index is 3.22. The monoisotopic (exact) mass is 180 g/mol. The molecule has 0 aliphatic rings. The zero-order chi connectivity index (χ0) is 9.14. The van der Waals surface area contributed by atoms with Crippen LogP contribution in [0, 0.1) is 13.8 Å². The average molecular weight is 180 g/mol. The summed E-state index contributed by atoms with van der Waals surface area (Å²) in [5, 5.41) is 0. The molecule has 0 amide bonds. The number of hydrogen-bond donors (Lipinski definition) is 0. The molecule has 0 saturated heterocycles. The lowest BCUT2D eigenvalue weighted by Crippen LogP contribution is -1.90. The Morgan fingerprint density at radius 1 is 1.25 bits per heavy atom. The van der Waals surface area contributed by atoms with Gasteiger partial charge in [0.15, 0.2) is 0 Å².